The van der Waals surface area contributed by atoms with Crippen molar-refractivity contribution in [3.05, 3.63) is 48.0 Å². The van der Waals surface area contributed by atoms with Crippen LogP contribution in [0, 0.1) is 0 Å². The average molecular weight is 337 g/mol. The van der Waals surface area contributed by atoms with Gasteiger partial charge in [0.25, 0.3) is 5.91 Å². The fraction of sp³-hybridized carbons (Fsp3) is 0.278. The Labute approximate surface area is 145 Å². The molecule has 1 amide bonds. The monoisotopic (exact) mass is 337 g/mol. The van der Waals surface area contributed by atoms with Gasteiger partial charge in [-0.05, 0) is 36.8 Å². The van der Waals surface area contributed by atoms with Gasteiger partial charge >= 0.3 is 0 Å². The van der Waals surface area contributed by atoms with Crippen molar-refractivity contribution in [2.24, 2.45) is 0 Å². The van der Waals surface area contributed by atoms with Crippen molar-refractivity contribution in [2.45, 2.75) is 12.5 Å². The molecule has 0 spiro atoms. The third kappa shape index (κ3) is 3.00. The summed E-state index contributed by atoms with van der Waals surface area (Å²) in [7, 11) is 1.67. The number of aromatic nitrogens is 3. The molecule has 1 aromatic heterocycles. The summed E-state index contributed by atoms with van der Waals surface area (Å²) >= 11 is 0. The van der Waals surface area contributed by atoms with Crippen molar-refractivity contribution in [3.63, 3.8) is 0 Å². The van der Waals surface area contributed by atoms with Crippen molar-refractivity contribution >= 4 is 22.6 Å². The molecule has 25 heavy (non-hydrogen) atoms. The van der Waals surface area contributed by atoms with E-state index in [1.165, 1.54) is 0 Å². The minimum Gasteiger partial charge on any atom is -0.495 e. The van der Waals surface area contributed by atoms with Crippen LogP contribution in [-0.4, -0.2) is 47.6 Å². The minimum absolute atomic E-state index is 0.0863. The number of aromatic amines is 1. The lowest BCUT2D eigenvalue weighted by atomic mass is 10.1. The first-order chi connectivity index (χ1) is 12.2. The Morgan fingerprint density at radius 2 is 2.08 bits per heavy atom. The molecular formula is C18H19N5O2. The molecule has 0 radical (unpaired) electrons. The molecule has 1 saturated heterocycles. The fourth-order valence-electron chi connectivity index (χ4n) is 3.24. The number of anilines is 1. The van der Waals surface area contributed by atoms with Gasteiger partial charge in [-0.3, -0.25) is 4.79 Å². The lowest BCUT2D eigenvalue weighted by Crippen LogP contribution is -2.37. The summed E-state index contributed by atoms with van der Waals surface area (Å²) in [5.74, 6) is 0.766. The van der Waals surface area contributed by atoms with Crippen molar-refractivity contribution < 1.29 is 9.53 Å². The second-order valence-corrected chi connectivity index (χ2v) is 6.10. The fourth-order valence-corrected chi connectivity index (χ4v) is 3.24. The zero-order valence-electron chi connectivity index (χ0n) is 13.9. The normalized spacial score (nSPS) is 17.0. The summed E-state index contributed by atoms with van der Waals surface area (Å²) in [6, 6.07) is 13.4. The first kappa shape index (κ1) is 15.4. The number of para-hydroxylation sites is 2. The summed E-state index contributed by atoms with van der Waals surface area (Å²) in [4.78, 5) is 14.8. The SMILES string of the molecule is COc1ccccc1N1CC[C@H](NC(=O)c2ccc3n[nH]nc3c2)C1. The number of benzene rings is 2. The Morgan fingerprint density at radius 1 is 1.24 bits per heavy atom. The molecule has 1 aliphatic rings. The van der Waals surface area contributed by atoms with Crippen LogP contribution in [0.15, 0.2) is 42.5 Å². The second kappa shape index (κ2) is 6.43. The van der Waals surface area contributed by atoms with Crippen LogP contribution in [0.25, 0.3) is 11.0 Å². The Balaban J connectivity index is 1.44. The van der Waals surface area contributed by atoms with E-state index in [9.17, 15) is 4.79 Å². The van der Waals surface area contributed by atoms with Crippen LogP contribution in [0.2, 0.25) is 0 Å². The number of fused-ring (bicyclic) bond motifs is 1. The number of nitrogens with one attached hydrogen (secondary N) is 2. The molecule has 0 aliphatic carbocycles. The molecule has 7 nitrogen and oxygen atoms in total. The van der Waals surface area contributed by atoms with Crippen molar-refractivity contribution in [3.8, 4) is 5.75 Å². The summed E-state index contributed by atoms with van der Waals surface area (Å²) in [5, 5.41) is 13.7. The maximum Gasteiger partial charge on any atom is 0.251 e. The predicted octanol–water partition coefficient (Wildman–Crippen LogP) is 1.98. The summed E-state index contributed by atoms with van der Waals surface area (Å²) in [6.07, 6.45) is 0.899. The van der Waals surface area contributed by atoms with E-state index in [0.717, 1.165) is 36.5 Å². The van der Waals surface area contributed by atoms with Crippen molar-refractivity contribution in [1.82, 2.24) is 20.7 Å². The largest absolute Gasteiger partial charge is 0.495 e. The topological polar surface area (TPSA) is 83.1 Å². The first-order valence-corrected chi connectivity index (χ1v) is 8.24. The van der Waals surface area contributed by atoms with Gasteiger partial charge < -0.3 is 15.0 Å². The van der Waals surface area contributed by atoms with E-state index in [0.29, 0.717) is 11.1 Å². The number of nitrogens with zero attached hydrogens (tertiary/aromatic N) is 3. The van der Waals surface area contributed by atoms with Gasteiger partial charge in [-0.2, -0.15) is 15.4 Å². The minimum atomic E-state index is -0.0863. The first-order valence-electron chi connectivity index (χ1n) is 8.24. The van der Waals surface area contributed by atoms with Gasteiger partial charge in [-0.25, -0.2) is 0 Å². The number of hydrogen-bond donors (Lipinski definition) is 2. The van der Waals surface area contributed by atoms with Gasteiger partial charge in [0.15, 0.2) is 0 Å². The zero-order chi connectivity index (χ0) is 17.2. The molecule has 0 bridgehead atoms. The van der Waals surface area contributed by atoms with E-state index < -0.39 is 0 Å². The summed E-state index contributed by atoms with van der Waals surface area (Å²) in [6.45, 7) is 1.64. The molecule has 1 atom stereocenters. The van der Waals surface area contributed by atoms with Gasteiger partial charge in [0.2, 0.25) is 0 Å². The average Bonchev–Trinajstić information content (AvgIpc) is 3.30. The standard InChI is InChI=1S/C18H19N5O2/c1-25-17-5-3-2-4-16(17)23-9-8-13(11-23)19-18(24)12-6-7-14-15(10-12)21-22-20-14/h2-7,10,13H,8-9,11H2,1H3,(H,19,24)(H,20,21,22)/t13-/m0/s1. The van der Waals surface area contributed by atoms with E-state index in [-0.39, 0.29) is 11.9 Å². The molecule has 2 N–H and O–H groups in total. The van der Waals surface area contributed by atoms with E-state index in [4.69, 9.17) is 4.74 Å². The molecule has 3 aromatic rings. The molecule has 0 saturated carbocycles. The van der Waals surface area contributed by atoms with Gasteiger partial charge in [-0.1, -0.05) is 12.1 Å². The van der Waals surface area contributed by atoms with E-state index in [1.54, 1.807) is 25.3 Å². The van der Waals surface area contributed by atoms with Crippen LogP contribution >= 0.6 is 0 Å². The van der Waals surface area contributed by atoms with Crippen molar-refractivity contribution in [2.75, 3.05) is 25.1 Å². The van der Waals surface area contributed by atoms with Crippen LogP contribution in [0.3, 0.4) is 0 Å². The number of methoxy groups -OCH3 is 1. The number of H-pyrrole nitrogens is 1. The quantitative estimate of drug-likeness (QED) is 0.760. The third-order valence-electron chi connectivity index (χ3n) is 4.53. The number of rotatable bonds is 4. The molecule has 4 rings (SSSR count). The van der Waals surface area contributed by atoms with Crippen molar-refractivity contribution in [1.29, 1.82) is 0 Å². The lowest BCUT2D eigenvalue weighted by molar-refractivity contribution is 0.0940. The predicted molar refractivity (Wildman–Crippen MR) is 95.0 cm³/mol. The molecule has 2 aromatic carbocycles. The van der Waals surface area contributed by atoms with E-state index in [1.807, 2.05) is 24.3 Å². The van der Waals surface area contributed by atoms with E-state index >= 15 is 0 Å². The highest BCUT2D eigenvalue weighted by Gasteiger charge is 2.26. The number of amides is 1. The highest BCUT2D eigenvalue weighted by Crippen LogP contribution is 2.30. The van der Waals surface area contributed by atoms with Gasteiger partial charge in [-0.15, -0.1) is 0 Å². The summed E-state index contributed by atoms with van der Waals surface area (Å²) < 4.78 is 5.43. The Morgan fingerprint density at radius 3 is 2.96 bits per heavy atom. The zero-order valence-corrected chi connectivity index (χ0v) is 13.9. The maximum atomic E-state index is 12.5. The molecular weight excluding hydrogens is 318 g/mol. The second-order valence-electron chi connectivity index (χ2n) is 6.10. The Kier molecular flexibility index (Phi) is 3.97. The highest BCUT2D eigenvalue weighted by atomic mass is 16.5. The van der Waals surface area contributed by atoms with Crippen LogP contribution in [0.4, 0.5) is 5.69 Å². The summed E-state index contributed by atoms with van der Waals surface area (Å²) in [5.41, 5.74) is 3.09. The van der Waals surface area contributed by atoms with Gasteiger partial charge in [0.05, 0.1) is 12.8 Å². The van der Waals surface area contributed by atoms with Crippen LogP contribution in [0.1, 0.15) is 16.8 Å². The number of carbonyl (C=O) groups is 1. The molecule has 128 valence electrons. The molecule has 2 heterocycles. The van der Waals surface area contributed by atoms with E-state index in [2.05, 4.69) is 25.6 Å². The lowest BCUT2D eigenvalue weighted by Gasteiger charge is -2.21. The highest BCUT2D eigenvalue weighted by molar-refractivity contribution is 5.97. The van der Waals surface area contributed by atoms with Gasteiger partial charge in [0, 0.05) is 24.7 Å². The molecule has 1 fully saturated rings. The smallest absolute Gasteiger partial charge is 0.251 e. The molecule has 0 unspecified atom stereocenters. The Hall–Kier alpha value is -3.09. The van der Waals surface area contributed by atoms with Crippen LogP contribution in [0.5, 0.6) is 5.75 Å². The van der Waals surface area contributed by atoms with Crippen LogP contribution in [-0.2, 0) is 0 Å². The number of ether oxygens (including phenoxy) is 1. The Bertz CT molecular complexity index is 907. The third-order valence-corrected chi connectivity index (χ3v) is 4.53. The maximum absolute atomic E-state index is 12.5. The number of hydrogen-bond acceptors (Lipinski definition) is 5. The molecule has 1 aliphatic heterocycles. The number of carbonyl (C=O) groups excluding carboxylic acids is 1. The van der Waals surface area contributed by atoms with Gasteiger partial charge in [0.1, 0.15) is 16.8 Å². The molecule has 7 heteroatoms. The van der Waals surface area contributed by atoms with Crippen LogP contribution < -0.4 is 15.0 Å².